The van der Waals surface area contributed by atoms with Crippen LogP contribution in [0.3, 0.4) is 0 Å². The lowest BCUT2D eigenvalue weighted by atomic mass is 10.0. The number of nitrogens with one attached hydrogen (secondary N) is 5. The molecule has 5 N–H and O–H groups in total. The van der Waals surface area contributed by atoms with Gasteiger partial charge in [0.1, 0.15) is 43.0 Å². The highest BCUT2D eigenvalue weighted by molar-refractivity contribution is 5.94. The summed E-state index contributed by atoms with van der Waals surface area (Å²) in [5.74, 6) is -2.51. The Hall–Kier alpha value is -5.14. The van der Waals surface area contributed by atoms with Crippen LogP contribution in [0.15, 0.2) is 60.7 Å². The van der Waals surface area contributed by atoms with Crippen LogP contribution in [-0.2, 0) is 46.6 Å². The van der Waals surface area contributed by atoms with Crippen molar-refractivity contribution >= 4 is 35.9 Å². The molecule has 0 heterocycles. The Kier molecular flexibility index (Phi) is 18.2. The van der Waals surface area contributed by atoms with E-state index in [4.69, 9.17) is 14.2 Å². The topological polar surface area (TPSA) is 190 Å². The highest BCUT2D eigenvalue weighted by Gasteiger charge is 2.30. The third kappa shape index (κ3) is 17.7. The smallest absolute Gasteiger partial charge is 0.408 e. The number of carbonyl (C=O) groups excluding carboxylic acids is 6. The zero-order chi connectivity index (χ0) is 38.7. The van der Waals surface area contributed by atoms with Crippen LogP contribution in [0.2, 0.25) is 0 Å². The van der Waals surface area contributed by atoms with Crippen LogP contribution in [0.25, 0.3) is 0 Å². The highest BCUT2D eigenvalue weighted by atomic mass is 16.6. The van der Waals surface area contributed by atoms with Gasteiger partial charge in [-0.2, -0.15) is 0 Å². The zero-order valence-corrected chi connectivity index (χ0v) is 31.3. The van der Waals surface area contributed by atoms with Gasteiger partial charge in [-0.1, -0.05) is 74.5 Å². The fraction of sp³-hybridized carbons (Fsp3) is 0.526. The summed E-state index contributed by atoms with van der Waals surface area (Å²) < 4.78 is 15.9. The summed E-state index contributed by atoms with van der Waals surface area (Å²) in [5.41, 5.74) is 0.856. The second-order valence-electron chi connectivity index (χ2n) is 13.9. The van der Waals surface area contributed by atoms with E-state index < -0.39 is 65.6 Å². The van der Waals surface area contributed by atoms with Gasteiger partial charge in [0.2, 0.25) is 17.7 Å². The molecule has 14 nitrogen and oxygen atoms in total. The fourth-order valence-corrected chi connectivity index (χ4v) is 4.76. The summed E-state index contributed by atoms with van der Waals surface area (Å²) in [7, 11) is 0. The number of unbranched alkanes of at least 4 members (excludes halogenated alkanes) is 1. The van der Waals surface area contributed by atoms with E-state index >= 15 is 0 Å². The van der Waals surface area contributed by atoms with E-state index in [1.807, 2.05) is 62.4 Å². The molecule has 0 aliphatic rings. The van der Waals surface area contributed by atoms with E-state index in [9.17, 15) is 28.8 Å². The van der Waals surface area contributed by atoms with Crippen molar-refractivity contribution in [2.75, 3.05) is 6.54 Å². The number of rotatable bonds is 19. The Morgan fingerprint density at radius 3 is 1.71 bits per heavy atom. The van der Waals surface area contributed by atoms with Crippen molar-refractivity contribution in [2.24, 2.45) is 5.92 Å². The summed E-state index contributed by atoms with van der Waals surface area (Å²) in [5, 5.41) is 13.1. The predicted octanol–water partition coefficient (Wildman–Crippen LogP) is 4.26. The van der Waals surface area contributed by atoms with E-state index in [1.165, 1.54) is 13.8 Å². The number of hydrogen-bond acceptors (Lipinski definition) is 9. The SMILES string of the molecule is CC(C)C[C@H](NC(=O)OC(C)(C)C)C(=O)N[C@H](C)C(=O)N[C@@H](CCCCNC(=O)OCc1ccccc1)C(=O)N[C@H](C)C(=O)OCc1ccccc1. The molecule has 0 radical (unpaired) electrons. The molecule has 2 rings (SSSR count). The van der Waals surface area contributed by atoms with Gasteiger partial charge in [0.25, 0.3) is 0 Å². The second-order valence-corrected chi connectivity index (χ2v) is 13.9. The third-order valence-electron chi connectivity index (χ3n) is 7.44. The fourth-order valence-electron chi connectivity index (χ4n) is 4.76. The number of alkyl carbamates (subject to hydrolysis) is 2. The molecule has 0 spiro atoms. The van der Waals surface area contributed by atoms with Gasteiger partial charge in [-0.15, -0.1) is 0 Å². The average molecular weight is 726 g/mol. The van der Waals surface area contributed by atoms with Gasteiger partial charge < -0.3 is 40.8 Å². The van der Waals surface area contributed by atoms with Crippen molar-refractivity contribution in [1.29, 1.82) is 0 Å². The summed E-state index contributed by atoms with van der Waals surface area (Å²) in [6.07, 6.45) is -0.0549. The number of benzene rings is 2. The van der Waals surface area contributed by atoms with Crippen LogP contribution < -0.4 is 26.6 Å². The molecule has 5 amide bonds. The van der Waals surface area contributed by atoms with Crippen molar-refractivity contribution in [3.05, 3.63) is 71.8 Å². The Morgan fingerprint density at radius 1 is 0.615 bits per heavy atom. The maximum Gasteiger partial charge on any atom is 0.408 e. The van der Waals surface area contributed by atoms with Gasteiger partial charge >= 0.3 is 18.2 Å². The van der Waals surface area contributed by atoms with Crippen molar-refractivity contribution in [3.8, 4) is 0 Å². The minimum absolute atomic E-state index is 0.0264. The molecule has 0 saturated carbocycles. The van der Waals surface area contributed by atoms with Gasteiger partial charge in [0, 0.05) is 6.54 Å². The van der Waals surface area contributed by atoms with Crippen LogP contribution in [0.5, 0.6) is 0 Å². The zero-order valence-electron chi connectivity index (χ0n) is 31.3. The second kappa shape index (κ2) is 21.9. The van der Waals surface area contributed by atoms with Crippen molar-refractivity contribution in [2.45, 2.75) is 117 Å². The molecular weight excluding hydrogens is 670 g/mol. The molecule has 0 fully saturated rings. The standard InChI is InChI=1S/C38H55N5O9/c1-25(2)22-31(43-37(49)52-38(5,6)7)34(46)40-26(3)32(44)42-30(20-14-15-21-39-36(48)51-24-29-18-12-9-13-19-29)33(45)41-27(4)35(47)50-23-28-16-10-8-11-17-28/h8-13,16-19,25-27,30-31H,14-15,20-24H2,1-7H3,(H,39,48)(H,40,46)(H,41,45)(H,42,44)(H,43,49)/t26-,27-,30+,31+/m1/s1. The van der Waals surface area contributed by atoms with E-state index in [2.05, 4.69) is 26.6 Å². The van der Waals surface area contributed by atoms with E-state index in [0.717, 1.165) is 11.1 Å². The Labute approximate surface area is 306 Å². The van der Waals surface area contributed by atoms with Crippen LogP contribution in [0.4, 0.5) is 9.59 Å². The first kappa shape index (κ1) is 43.0. The quantitative estimate of drug-likeness (QED) is 0.0801. The summed E-state index contributed by atoms with van der Waals surface area (Å²) in [6, 6.07) is 14.1. The van der Waals surface area contributed by atoms with Crippen LogP contribution >= 0.6 is 0 Å². The molecule has 0 aliphatic heterocycles. The van der Waals surface area contributed by atoms with Crippen molar-refractivity contribution in [3.63, 3.8) is 0 Å². The highest BCUT2D eigenvalue weighted by Crippen LogP contribution is 2.11. The first-order valence-corrected chi connectivity index (χ1v) is 17.6. The van der Waals surface area contributed by atoms with Gasteiger partial charge in [0.05, 0.1) is 0 Å². The summed E-state index contributed by atoms with van der Waals surface area (Å²) in [6.45, 7) is 12.2. The monoisotopic (exact) mass is 725 g/mol. The van der Waals surface area contributed by atoms with Crippen LogP contribution in [0, 0.1) is 5.92 Å². The number of hydrogen-bond donors (Lipinski definition) is 5. The third-order valence-corrected chi connectivity index (χ3v) is 7.44. The molecular formula is C38H55N5O9. The number of esters is 1. The van der Waals surface area contributed by atoms with E-state index in [0.29, 0.717) is 12.8 Å². The molecule has 2 aromatic rings. The van der Waals surface area contributed by atoms with Gasteiger partial charge in [-0.25, -0.2) is 14.4 Å². The molecule has 0 aliphatic carbocycles. The lowest BCUT2D eigenvalue weighted by molar-refractivity contribution is -0.148. The first-order valence-electron chi connectivity index (χ1n) is 17.6. The largest absolute Gasteiger partial charge is 0.459 e. The predicted molar refractivity (Wildman–Crippen MR) is 194 cm³/mol. The van der Waals surface area contributed by atoms with Gasteiger partial charge in [-0.3, -0.25) is 14.4 Å². The molecule has 4 atom stereocenters. The normalized spacial score (nSPS) is 13.4. The lowest BCUT2D eigenvalue weighted by Crippen LogP contribution is -2.57. The lowest BCUT2D eigenvalue weighted by Gasteiger charge is -2.26. The van der Waals surface area contributed by atoms with Crippen molar-refractivity contribution < 1.29 is 43.0 Å². The maximum atomic E-state index is 13.4. The molecule has 0 bridgehead atoms. The summed E-state index contributed by atoms with van der Waals surface area (Å²) in [4.78, 5) is 77.1. The average Bonchev–Trinajstić information content (AvgIpc) is 3.08. The van der Waals surface area contributed by atoms with Gasteiger partial charge in [-0.05, 0) is 77.3 Å². The van der Waals surface area contributed by atoms with Gasteiger partial charge in [0.15, 0.2) is 0 Å². The Balaban J connectivity index is 2.01. The minimum Gasteiger partial charge on any atom is -0.459 e. The van der Waals surface area contributed by atoms with Crippen molar-refractivity contribution in [1.82, 2.24) is 26.6 Å². The Bertz CT molecular complexity index is 1450. The molecule has 0 saturated heterocycles. The molecule has 14 heteroatoms. The Morgan fingerprint density at radius 2 is 1.15 bits per heavy atom. The molecule has 2 aromatic carbocycles. The molecule has 52 heavy (non-hydrogen) atoms. The molecule has 0 aromatic heterocycles. The number of carbonyl (C=O) groups is 6. The number of ether oxygens (including phenoxy) is 3. The minimum atomic E-state index is -1.09. The first-order chi connectivity index (χ1) is 24.5. The van der Waals surface area contributed by atoms with E-state index in [1.54, 1.807) is 32.9 Å². The number of amides is 5. The molecule has 0 unspecified atom stereocenters. The molecule has 286 valence electrons. The summed E-state index contributed by atoms with van der Waals surface area (Å²) >= 11 is 0. The maximum absolute atomic E-state index is 13.4. The van der Waals surface area contributed by atoms with Crippen LogP contribution in [-0.4, -0.2) is 72.2 Å². The van der Waals surface area contributed by atoms with Crippen LogP contribution in [0.1, 0.15) is 85.3 Å². The van der Waals surface area contributed by atoms with E-state index in [-0.39, 0.29) is 38.5 Å².